The molecule has 0 N–H and O–H groups in total. The van der Waals surface area contributed by atoms with Gasteiger partial charge in [0.2, 0.25) is 0 Å². The maximum atomic E-state index is 12.1. The lowest BCUT2D eigenvalue weighted by Crippen LogP contribution is -2.32. The van der Waals surface area contributed by atoms with Crippen molar-refractivity contribution in [3.8, 4) is 0 Å². The molecular weight excluding hydrogens is 321 g/mol. The van der Waals surface area contributed by atoms with Gasteiger partial charge in [-0.25, -0.2) is 0 Å². The highest BCUT2D eigenvalue weighted by Gasteiger charge is 2.35. The summed E-state index contributed by atoms with van der Waals surface area (Å²) in [5, 5.41) is 0.298. The second-order valence-corrected chi connectivity index (χ2v) is 5.91. The zero-order chi connectivity index (χ0) is 14.9. The number of nitrogens with zero attached hydrogens (tertiary/aromatic N) is 1. The van der Waals surface area contributed by atoms with Gasteiger partial charge in [-0.15, -0.1) is 0 Å². The molecule has 0 unspecified atom stereocenters. The first-order chi connectivity index (χ1) is 9.40. The fourth-order valence-corrected chi connectivity index (χ4v) is 2.97. The van der Waals surface area contributed by atoms with Crippen LogP contribution in [-0.2, 0) is 9.59 Å². The van der Waals surface area contributed by atoms with Gasteiger partial charge in [0, 0.05) is 15.6 Å². The van der Waals surface area contributed by atoms with Crippen LogP contribution in [0.3, 0.4) is 0 Å². The molecule has 104 valence electrons. The van der Waals surface area contributed by atoms with Crippen LogP contribution in [0.2, 0.25) is 10.0 Å². The van der Waals surface area contributed by atoms with Gasteiger partial charge in [-0.05, 0) is 36.9 Å². The van der Waals surface area contributed by atoms with Gasteiger partial charge in [-0.1, -0.05) is 29.3 Å². The second kappa shape index (κ2) is 5.99. The fraction of sp³-hybridized carbons (Fsp3) is 0.154. The van der Waals surface area contributed by atoms with Crippen LogP contribution in [0.5, 0.6) is 0 Å². The highest BCUT2D eigenvalue weighted by atomic mass is 35.5. The summed E-state index contributed by atoms with van der Waals surface area (Å²) in [5.41, 5.74) is 0.476. The van der Waals surface area contributed by atoms with Crippen LogP contribution >= 0.6 is 35.0 Å². The molecule has 0 radical (unpaired) electrons. The lowest BCUT2D eigenvalue weighted by atomic mass is 10.2. The molecule has 1 aromatic rings. The van der Waals surface area contributed by atoms with E-state index < -0.39 is 11.1 Å². The Labute approximate surface area is 129 Å². The van der Waals surface area contributed by atoms with E-state index in [0.29, 0.717) is 15.6 Å². The fourth-order valence-electron chi connectivity index (χ4n) is 1.64. The summed E-state index contributed by atoms with van der Waals surface area (Å²) in [5.74, 6) is -0.768. The third-order valence-corrected chi connectivity index (χ3v) is 4.10. The lowest BCUT2D eigenvalue weighted by molar-refractivity contribution is -0.127. The molecule has 1 aromatic carbocycles. The predicted molar refractivity (Wildman–Crippen MR) is 79.8 cm³/mol. The number of carbonyl (C=O) groups is 3. The SMILES string of the molecule is CC(=O)CN1C(=O)S/C(=C\c2c(Cl)cccc2Cl)C1=O. The van der Waals surface area contributed by atoms with E-state index in [2.05, 4.69) is 0 Å². The van der Waals surface area contributed by atoms with Gasteiger partial charge >= 0.3 is 0 Å². The Morgan fingerprint density at radius 3 is 2.45 bits per heavy atom. The van der Waals surface area contributed by atoms with Gasteiger partial charge in [-0.2, -0.15) is 0 Å². The molecule has 1 aliphatic rings. The van der Waals surface area contributed by atoms with E-state index in [9.17, 15) is 14.4 Å². The van der Waals surface area contributed by atoms with E-state index in [1.165, 1.54) is 13.0 Å². The van der Waals surface area contributed by atoms with Crippen LogP contribution in [0.1, 0.15) is 12.5 Å². The van der Waals surface area contributed by atoms with Gasteiger partial charge in [0.15, 0.2) is 0 Å². The van der Waals surface area contributed by atoms with E-state index in [4.69, 9.17) is 23.2 Å². The Balaban J connectivity index is 2.35. The number of hydrogen-bond donors (Lipinski definition) is 0. The molecule has 1 aliphatic heterocycles. The Kier molecular flexibility index (Phi) is 4.52. The zero-order valence-corrected chi connectivity index (χ0v) is 12.7. The standard InChI is InChI=1S/C13H9Cl2NO3S/c1-7(17)6-16-12(18)11(20-13(16)19)5-8-9(14)3-2-4-10(8)15/h2-5H,6H2,1H3/b11-5-. The van der Waals surface area contributed by atoms with E-state index in [1.807, 2.05) is 0 Å². The molecule has 1 fully saturated rings. The molecule has 0 saturated carbocycles. The molecule has 2 amide bonds. The van der Waals surface area contributed by atoms with Gasteiger partial charge in [0.05, 0.1) is 11.4 Å². The van der Waals surface area contributed by atoms with E-state index >= 15 is 0 Å². The third kappa shape index (κ3) is 3.06. The minimum absolute atomic E-state index is 0.200. The lowest BCUT2D eigenvalue weighted by Gasteiger charge is -2.09. The monoisotopic (exact) mass is 329 g/mol. The molecule has 0 spiro atoms. The molecule has 20 heavy (non-hydrogen) atoms. The number of ketones is 1. The Morgan fingerprint density at radius 1 is 1.30 bits per heavy atom. The van der Waals surface area contributed by atoms with Crippen molar-refractivity contribution in [1.29, 1.82) is 0 Å². The van der Waals surface area contributed by atoms with Gasteiger partial charge < -0.3 is 0 Å². The number of amides is 2. The number of thioether (sulfide) groups is 1. The first kappa shape index (κ1) is 15.1. The van der Waals surface area contributed by atoms with Crippen molar-refractivity contribution in [1.82, 2.24) is 4.90 Å². The highest BCUT2D eigenvalue weighted by Crippen LogP contribution is 2.35. The Hall–Kier alpha value is -1.30. The van der Waals surface area contributed by atoms with Crippen LogP contribution in [0, 0.1) is 0 Å². The number of imide groups is 1. The predicted octanol–water partition coefficient (Wildman–Crippen LogP) is 3.62. The summed E-state index contributed by atoms with van der Waals surface area (Å²) >= 11 is 12.8. The highest BCUT2D eigenvalue weighted by molar-refractivity contribution is 8.18. The summed E-state index contributed by atoms with van der Waals surface area (Å²) in [6, 6.07) is 4.96. The second-order valence-electron chi connectivity index (χ2n) is 4.11. The van der Waals surface area contributed by atoms with E-state index in [0.717, 1.165) is 16.7 Å². The molecule has 1 saturated heterocycles. The summed E-state index contributed by atoms with van der Waals surface area (Å²) < 4.78 is 0. The van der Waals surface area contributed by atoms with Crippen LogP contribution in [0.4, 0.5) is 4.79 Å². The van der Waals surface area contributed by atoms with E-state index in [-0.39, 0.29) is 17.2 Å². The maximum Gasteiger partial charge on any atom is 0.293 e. The molecule has 2 rings (SSSR count). The first-order valence-electron chi connectivity index (χ1n) is 5.59. The molecule has 7 heteroatoms. The summed E-state index contributed by atoms with van der Waals surface area (Å²) in [7, 11) is 0. The van der Waals surface area contributed by atoms with Gasteiger partial charge in [-0.3, -0.25) is 19.3 Å². The van der Waals surface area contributed by atoms with E-state index in [1.54, 1.807) is 18.2 Å². The minimum Gasteiger partial charge on any atom is -0.298 e. The van der Waals surface area contributed by atoms with Crippen molar-refractivity contribution in [2.75, 3.05) is 6.54 Å². The summed E-state index contributed by atoms with van der Waals surface area (Å²) in [4.78, 5) is 35.9. The Bertz CT molecular complexity index is 622. The molecule has 0 atom stereocenters. The van der Waals surface area contributed by atoms with Crippen molar-refractivity contribution in [3.05, 3.63) is 38.7 Å². The quantitative estimate of drug-likeness (QED) is 0.795. The van der Waals surface area contributed by atoms with Crippen molar-refractivity contribution in [2.45, 2.75) is 6.92 Å². The van der Waals surface area contributed by atoms with Crippen molar-refractivity contribution in [2.24, 2.45) is 0 Å². The molecule has 1 heterocycles. The van der Waals surface area contributed by atoms with Crippen LogP contribution in [-0.4, -0.2) is 28.4 Å². The smallest absolute Gasteiger partial charge is 0.293 e. The number of rotatable bonds is 3. The average molecular weight is 330 g/mol. The first-order valence-corrected chi connectivity index (χ1v) is 7.16. The van der Waals surface area contributed by atoms with Crippen molar-refractivity contribution in [3.63, 3.8) is 0 Å². The van der Waals surface area contributed by atoms with Crippen LogP contribution in [0.15, 0.2) is 23.1 Å². The van der Waals surface area contributed by atoms with Crippen LogP contribution < -0.4 is 0 Å². The van der Waals surface area contributed by atoms with Gasteiger partial charge in [0.1, 0.15) is 5.78 Å². The molecule has 0 bridgehead atoms. The molecule has 4 nitrogen and oxygen atoms in total. The Morgan fingerprint density at radius 2 is 1.90 bits per heavy atom. The molecular formula is C13H9Cl2NO3S. The molecule has 0 aromatic heterocycles. The van der Waals surface area contributed by atoms with Crippen molar-refractivity contribution < 1.29 is 14.4 Å². The normalized spacial score (nSPS) is 17.1. The van der Waals surface area contributed by atoms with Crippen molar-refractivity contribution >= 4 is 58.0 Å². The number of halogens is 2. The summed E-state index contributed by atoms with van der Waals surface area (Å²) in [6.45, 7) is 1.09. The maximum absolute atomic E-state index is 12.1. The number of carbonyl (C=O) groups excluding carboxylic acids is 3. The average Bonchev–Trinajstić information content (AvgIpc) is 2.61. The largest absolute Gasteiger partial charge is 0.298 e. The number of Topliss-reactive ketones (excluding diaryl/α,β-unsaturated/α-hetero) is 1. The zero-order valence-electron chi connectivity index (χ0n) is 10.4. The number of benzene rings is 1. The van der Waals surface area contributed by atoms with Crippen LogP contribution in [0.25, 0.3) is 6.08 Å². The third-order valence-electron chi connectivity index (χ3n) is 2.53. The van der Waals surface area contributed by atoms with Gasteiger partial charge in [0.25, 0.3) is 11.1 Å². The molecule has 0 aliphatic carbocycles. The summed E-state index contributed by atoms with van der Waals surface area (Å²) in [6.07, 6.45) is 1.47. The number of hydrogen-bond acceptors (Lipinski definition) is 4. The topological polar surface area (TPSA) is 54.5 Å². The minimum atomic E-state index is -0.508.